The number of hydrogen-bond acceptors (Lipinski definition) is 5. The van der Waals surface area contributed by atoms with Crippen molar-refractivity contribution in [2.24, 2.45) is 5.73 Å². The van der Waals surface area contributed by atoms with Crippen LogP contribution in [0.25, 0.3) is 0 Å². The summed E-state index contributed by atoms with van der Waals surface area (Å²) in [5, 5.41) is 4.25. The monoisotopic (exact) mass is 334 g/mol. The zero-order valence-electron chi connectivity index (χ0n) is 10.3. The van der Waals surface area contributed by atoms with Crippen molar-refractivity contribution in [2.45, 2.75) is 12.7 Å². The molecule has 2 aromatic heterocycles. The van der Waals surface area contributed by atoms with E-state index in [-0.39, 0.29) is 27.8 Å². The summed E-state index contributed by atoms with van der Waals surface area (Å²) in [6.45, 7) is 0.0999. The maximum atomic E-state index is 12.7. The van der Waals surface area contributed by atoms with Crippen LogP contribution in [0.5, 0.6) is 0 Å². The molecule has 0 saturated carbocycles. The topological polar surface area (TPSA) is 83.8 Å². The van der Waals surface area contributed by atoms with Gasteiger partial charge in [0, 0.05) is 11.1 Å². The predicted molar refractivity (Wildman–Crippen MR) is 77.4 cm³/mol. The summed E-state index contributed by atoms with van der Waals surface area (Å²) >= 11 is 5.74. The zero-order chi connectivity index (χ0) is 15.6. The fourth-order valence-corrected chi connectivity index (χ4v) is 2.28. The minimum Gasteiger partial charge on any atom is -0.389 e. The van der Waals surface area contributed by atoms with Gasteiger partial charge in [0.15, 0.2) is 0 Å². The molecule has 0 amide bonds. The number of thiocarbonyl (C=S) groups is 1. The van der Waals surface area contributed by atoms with Gasteiger partial charge in [0.1, 0.15) is 16.5 Å². The van der Waals surface area contributed by atoms with E-state index in [1.54, 1.807) is 5.38 Å². The van der Waals surface area contributed by atoms with E-state index in [4.69, 9.17) is 18.0 Å². The lowest BCUT2D eigenvalue weighted by atomic mass is 10.2. The Morgan fingerprint density at radius 3 is 2.71 bits per heavy atom. The molecule has 2 rings (SSSR count). The van der Waals surface area contributed by atoms with Crippen LogP contribution in [0.15, 0.2) is 22.3 Å². The summed E-state index contributed by atoms with van der Waals surface area (Å²) in [5.41, 5.74) is 5.14. The van der Waals surface area contributed by atoms with E-state index >= 15 is 0 Å². The van der Waals surface area contributed by atoms with E-state index in [0.717, 1.165) is 23.5 Å². The number of aromatic amines is 1. The van der Waals surface area contributed by atoms with Crippen LogP contribution in [0.2, 0.25) is 0 Å². The fourth-order valence-electron chi connectivity index (χ4n) is 1.53. The molecule has 5 nitrogen and oxygen atoms in total. The fraction of sp³-hybridized carbons (Fsp3) is 0.182. The van der Waals surface area contributed by atoms with Gasteiger partial charge in [0.25, 0.3) is 0 Å². The standard InChI is InChI=1S/C11H9F3N4OS2/c12-11(13,14)7-2-1-6(8(15)20)9(18-7)16-3-5-4-21-10(19)17-5/h1-2,4H,3H2,(H2,15,20)(H,16,18)(H,17,19). The van der Waals surface area contributed by atoms with Crippen LogP contribution in [-0.2, 0) is 12.7 Å². The van der Waals surface area contributed by atoms with Gasteiger partial charge in [-0.3, -0.25) is 4.79 Å². The molecule has 0 bridgehead atoms. The number of halogens is 3. The van der Waals surface area contributed by atoms with Gasteiger partial charge in [0.05, 0.1) is 12.1 Å². The van der Waals surface area contributed by atoms with Crippen LogP contribution in [0, 0.1) is 0 Å². The van der Waals surface area contributed by atoms with Crippen molar-refractivity contribution in [3.05, 3.63) is 44.1 Å². The van der Waals surface area contributed by atoms with Crippen LogP contribution in [-0.4, -0.2) is 15.0 Å². The molecular formula is C11H9F3N4OS2. The molecule has 21 heavy (non-hydrogen) atoms. The van der Waals surface area contributed by atoms with Crippen molar-refractivity contribution >= 4 is 34.4 Å². The Morgan fingerprint density at radius 1 is 1.48 bits per heavy atom. The third-order valence-electron chi connectivity index (χ3n) is 2.47. The second-order valence-corrected chi connectivity index (χ2v) is 5.26. The van der Waals surface area contributed by atoms with E-state index < -0.39 is 11.9 Å². The van der Waals surface area contributed by atoms with Crippen molar-refractivity contribution in [3.8, 4) is 0 Å². The highest BCUT2D eigenvalue weighted by Crippen LogP contribution is 2.29. The maximum Gasteiger partial charge on any atom is 0.433 e. The lowest BCUT2D eigenvalue weighted by molar-refractivity contribution is -0.141. The molecule has 112 valence electrons. The van der Waals surface area contributed by atoms with E-state index in [2.05, 4.69) is 15.3 Å². The first-order valence-electron chi connectivity index (χ1n) is 5.56. The number of aromatic nitrogens is 2. The molecule has 0 aliphatic carbocycles. The third-order valence-corrected chi connectivity index (χ3v) is 3.41. The number of thiazole rings is 1. The normalized spacial score (nSPS) is 11.4. The Morgan fingerprint density at radius 2 is 2.19 bits per heavy atom. The summed E-state index contributed by atoms with van der Waals surface area (Å²) in [7, 11) is 0. The van der Waals surface area contributed by atoms with Crippen molar-refractivity contribution in [3.63, 3.8) is 0 Å². The molecule has 2 aromatic rings. The molecular weight excluding hydrogens is 325 g/mol. The average molecular weight is 334 g/mol. The molecule has 0 spiro atoms. The largest absolute Gasteiger partial charge is 0.433 e. The molecule has 2 heterocycles. The first-order valence-corrected chi connectivity index (χ1v) is 6.85. The number of nitrogens with two attached hydrogens (primary N) is 1. The van der Waals surface area contributed by atoms with Crippen LogP contribution in [0.1, 0.15) is 17.0 Å². The Hall–Kier alpha value is -1.94. The second-order valence-electron chi connectivity index (χ2n) is 3.98. The van der Waals surface area contributed by atoms with Crippen LogP contribution >= 0.6 is 23.6 Å². The lowest BCUT2D eigenvalue weighted by Gasteiger charge is -2.13. The van der Waals surface area contributed by atoms with Crippen molar-refractivity contribution in [1.29, 1.82) is 0 Å². The van der Waals surface area contributed by atoms with Gasteiger partial charge < -0.3 is 16.0 Å². The summed E-state index contributed by atoms with van der Waals surface area (Å²) in [5.74, 6) is -0.0793. The average Bonchev–Trinajstić information content (AvgIpc) is 2.80. The first kappa shape index (κ1) is 15.4. The van der Waals surface area contributed by atoms with E-state index in [1.165, 1.54) is 0 Å². The van der Waals surface area contributed by atoms with Gasteiger partial charge in [0.2, 0.25) is 0 Å². The minimum absolute atomic E-state index is 0.0717. The molecule has 0 atom stereocenters. The highest BCUT2D eigenvalue weighted by Gasteiger charge is 2.33. The highest BCUT2D eigenvalue weighted by atomic mass is 32.1. The number of H-pyrrole nitrogens is 1. The molecule has 0 aliphatic heterocycles. The molecule has 0 saturated heterocycles. The van der Waals surface area contributed by atoms with E-state index in [1.807, 2.05) is 0 Å². The summed E-state index contributed by atoms with van der Waals surface area (Å²) in [6.07, 6.45) is -4.57. The van der Waals surface area contributed by atoms with Gasteiger partial charge in [-0.15, -0.1) is 0 Å². The minimum atomic E-state index is -4.57. The highest BCUT2D eigenvalue weighted by molar-refractivity contribution is 7.80. The molecule has 0 aliphatic rings. The Labute approximate surface area is 126 Å². The molecule has 0 fully saturated rings. The summed E-state index contributed by atoms with van der Waals surface area (Å²) < 4.78 is 38.0. The van der Waals surface area contributed by atoms with E-state index in [0.29, 0.717) is 5.69 Å². The van der Waals surface area contributed by atoms with E-state index in [9.17, 15) is 18.0 Å². The quantitative estimate of drug-likeness (QED) is 0.746. The molecule has 0 unspecified atom stereocenters. The van der Waals surface area contributed by atoms with Gasteiger partial charge in [-0.25, -0.2) is 4.98 Å². The van der Waals surface area contributed by atoms with Crippen molar-refractivity contribution in [2.75, 3.05) is 5.32 Å². The smallest absolute Gasteiger partial charge is 0.389 e. The van der Waals surface area contributed by atoms with Crippen LogP contribution in [0.3, 0.4) is 0 Å². The Balaban J connectivity index is 2.30. The number of pyridine rings is 1. The van der Waals surface area contributed by atoms with Crippen molar-refractivity contribution in [1.82, 2.24) is 9.97 Å². The van der Waals surface area contributed by atoms with Gasteiger partial charge >= 0.3 is 11.0 Å². The third kappa shape index (κ3) is 3.79. The lowest BCUT2D eigenvalue weighted by Crippen LogP contribution is -2.17. The number of nitrogens with one attached hydrogen (secondary N) is 2. The molecule has 4 N–H and O–H groups in total. The van der Waals surface area contributed by atoms with Crippen molar-refractivity contribution < 1.29 is 13.2 Å². The maximum absolute atomic E-state index is 12.7. The number of rotatable bonds is 4. The summed E-state index contributed by atoms with van der Waals surface area (Å²) in [6, 6.07) is 1.98. The molecule has 0 aromatic carbocycles. The number of hydrogen-bond donors (Lipinski definition) is 3. The molecule has 0 radical (unpaired) electrons. The first-order chi connectivity index (χ1) is 9.77. The second kappa shape index (κ2) is 5.82. The number of anilines is 1. The number of nitrogens with zero attached hydrogens (tertiary/aromatic N) is 1. The molecule has 10 heteroatoms. The zero-order valence-corrected chi connectivity index (χ0v) is 12.0. The number of alkyl halides is 3. The van der Waals surface area contributed by atoms with Gasteiger partial charge in [-0.1, -0.05) is 23.6 Å². The summed E-state index contributed by atoms with van der Waals surface area (Å²) in [4.78, 5) is 16.7. The van der Waals surface area contributed by atoms with Gasteiger partial charge in [-0.2, -0.15) is 13.2 Å². The SMILES string of the molecule is NC(=S)c1ccc(C(F)(F)F)nc1NCc1csc(=O)[nH]1. The predicted octanol–water partition coefficient (Wildman–Crippen LogP) is 2.10. The van der Waals surface area contributed by atoms with Gasteiger partial charge in [-0.05, 0) is 12.1 Å². The Kier molecular flexibility index (Phi) is 4.28. The Bertz CT molecular complexity index is 723. The van der Waals surface area contributed by atoms with Crippen LogP contribution < -0.4 is 15.9 Å². The van der Waals surface area contributed by atoms with Crippen LogP contribution in [0.4, 0.5) is 19.0 Å².